The van der Waals surface area contributed by atoms with Gasteiger partial charge in [-0.05, 0) is 60.2 Å². The van der Waals surface area contributed by atoms with E-state index in [1.807, 2.05) is 24.5 Å². The van der Waals surface area contributed by atoms with Crippen LogP contribution in [0, 0.1) is 13.8 Å². The van der Waals surface area contributed by atoms with Crippen molar-refractivity contribution in [2.45, 2.75) is 20.3 Å². The van der Waals surface area contributed by atoms with Crippen molar-refractivity contribution in [2.75, 3.05) is 5.32 Å². The fourth-order valence-corrected chi connectivity index (χ4v) is 3.37. The van der Waals surface area contributed by atoms with Crippen molar-refractivity contribution < 1.29 is 0 Å². The highest BCUT2D eigenvalue weighted by atomic mass is 15.0. The van der Waals surface area contributed by atoms with Crippen LogP contribution in [-0.2, 0) is 6.42 Å². The summed E-state index contributed by atoms with van der Waals surface area (Å²) in [5.41, 5.74) is 5.78. The Bertz CT molecular complexity index is 1040. The Morgan fingerprint density at radius 3 is 2.27 bits per heavy atom. The number of benzene rings is 2. The molecule has 4 rings (SSSR count). The van der Waals surface area contributed by atoms with Gasteiger partial charge < -0.3 is 5.32 Å². The summed E-state index contributed by atoms with van der Waals surface area (Å²) in [5.74, 6) is 0.885. The van der Waals surface area contributed by atoms with Crippen molar-refractivity contribution >= 4 is 22.3 Å². The predicted molar refractivity (Wildman–Crippen MR) is 108 cm³/mol. The Hall–Kier alpha value is -3.20. The van der Waals surface area contributed by atoms with Crippen LogP contribution >= 0.6 is 0 Å². The maximum atomic E-state index is 4.72. The van der Waals surface area contributed by atoms with Gasteiger partial charge in [-0.2, -0.15) is 0 Å². The molecule has 0 aliphatic heterocycles. The van der Waals surface area contributed by atoms with E-state index in [9.17, 15) is 0 Å². The fourth-order valence-electron chi connectivity index (χ4n) is 3.37. The molecule has 3 heteroatoms. The minimum atomic E-state index is 0.776. The van der Waals surface area contributed by atoms with Gasteiger partial charge in [0.25, 0.3) is 0 Å². The highest BCUT2D eigenvalue weighted by molar-refractivity contribution is 5.95. The molecule has 0 aliphatic carbocycles. The van der Waals surface area contributed by atoms with E-state index >= 15 is 0 Å². The smallest absolute Gasteiger partial charge is 0.138 e. The van der Waals surface area contributed by atoms with Crippen LogP contribution in [0.15, 0.2) is 73.1 Å². The summed E-state index contributed by atoms with van der Waals surface area (Å²) in [6.07, 6.45) is 4.57. The Kier molecular flexibility index (Phi) is 4.36. The SMILES string of the molecule is Cc1cc(C)cc(Nc2ncc(Cc3ccccn3)c3ccccc23)c1. The van der Waals surface area contributed by atoms with E-state index in [2.05, 4.69) is 72.7 Å². The molecule has 3 nitrogen and oxygen atoms in total. The first-order chi connectivity index (χ1) is 12.7. The zero-order chi connectivity index (χ0) is 17.9. The number of rotatable bonds is 4. The summed E-state index contributed by atoms with van der Waals surface area (Å²) in [6.45, 7) is 4.22. The average molecular weight is 339 g/mol. The molecule has 0 atom stereocenters. The average Bonchev–Trinajstić information content (AvgIpc) is 2.64. The predicted octanol–water partition coefficient (Wildman–Crippen LogP) is 5.58. The minimum Gasteiger partial charge on any atom is -0.340 e. The number of hydrogen-bond donors (Lipinski definition) is 1. The van der Waals surface area contributed by atoms with E-state index in [1.165, 1.54) is 22.1 Å². The maximum Gasteiger partial charge on any atom is 0.138 e. The first-order valence-corrected chi connectivity index (χ1v) is 8.81. The van der Waals surface area contributed by atoms with E-state index in [-0.39, 0.29) is 0 Å². The molecule has 0 saturated heterocycles. The number of anilines is 2. The van der Waals surface area contributed by atoms with Crippen molar-refractivity contribution in [1.29, 1.82) is 0 Å². The van der Waals surface area contributed by atoms with Crippen LogP contribution in [0.25, 0.3) is 10.8 Å². The second-order valence-corrected chi connectivity index (χ2v) is 6.68. The molecule has 0 unspecified atom stereocenters. The third-order valence-corrected chi connectivity index (χ3v) is 4.46. The van der Waals surface area contributed by atoms with Gasteiger partial charge in [0.05, 0.1) is 0 Å². The van der Waals surface area contributed by atoms with Gasteiger partial charge in [-0.1, -0.05) is 36.4 Å². The largest absolute Gasteiger partial charge is 0.340 e. The topological polar surface area (TPSA) is 37.8 Å². The molecular formula is C23H21N3. The number of aryl methyl sites for hydroxylation is 2. The molecule has 1 N–H and O–H groups in total. The van der Waals surface area contributed by atoms with Gasteiger partial charge in [0.1, 0.15) is 5.82 Å². The van der Waals surface area contributed by atoms with Crippen molar-refractivity contribution in [1.82, 2.24) is 9.97 Å². The molecule has 4 aromatic rings. The van der Waals surface area contributed by atoms with Crippen molar-refractivity contribution in [3.63, 3.8) is 0 Å². The summed E-state index contributed by atoms with van der Waals surface area (Å²) < 4.78 is 0. The van der Waals surface area contributed by atoms with Crippen LogP contribution in [0.5, 0.6) is 0 Å². The Morgan fingerprint density at radius 1 is 0.808 bits per heavy atom. The molecule has 0 bridgehead atoms. The summed E-state index contributed by atoms with van der Waals surface area (Å²) in [4.78, 5) is 9.17. The highest BCUT2D eigenvalue weighted by Gasteiger charge is 2.09. The number of nitrogens with one attached hydrogen (secondary N) is 1. The molecule has 0 saturated carbocycles. The molecule has 2 aromatic carbocycles. The summed E-state index contributed by atoms with van der Waals surface area (Å²) >= 11 is 0. The van der Waals surface area contributed by atoms with Crippen LogP contribution in [0.2, 0.25) is 0 Å². The zero-order valence-electron chi connectivity index (χ0n) is 15.0. The Labute approximate surface area is 153 Å². The summed E-state index contributed by atoms with van der Waals surface area (Å²) in [5, 5.41) is 5.83. The molecule has 2 aromatic heterocycles. The first-order valence-electron chi connectivity index (χ1n) is 8.81. The number of nitrogens with zero attached hydrogens (tertiary/aromatic N) is 2. The Morgan fingerprint density at radius 2 is 1.54 bits per heavy atom. The van der Waals surface area contributed by atoms with E-state index in [0.29, 0.717) is 0 Å². The lowest BCUT2D eigenvalue weighted by atomic mass is 10.0. The minimum absolute atomic E-state index is 0.776. The summed E-state index contributed by atoms with van der Waals surface area (Å²) in [7, 11) is 0. The number of aromatic nitrogens is 2. The maximum absolute atomic E-state index is 4.72. The van der Waals surface area contributed by atoms with Crippen LogP contribution in [0.1, 0.15) is 22.4 Å². The first kappa shape index (κ1) is 16.3. The van der Waals surface area contributed by atoms with E-state index in [0.717, 1.165) is 29.0 Å². The molecule has 0 spiro atoms. The summed E-state index contributed by atoms with van der Waals surface area (Å²) in [6, 6.07) is 20.9. The molecular weight excluding hydrogens is 318 g/mol. The van der Waals surface area contributed by atoms with Crippen LogP contribution < -0.4 is 5.32 Å². The van der Waals surface area contributed by atoms with E-state index < -0.39 is 0 Å². The van der Waals surface area contributed by atoms with E-state index in [4.69, 9.17) is 4.98 Å². The molecule has 0 fully saturated rings. The van der Waals surface area contributed by atoms with Gasteiger partial charge in [0.2, 0.25) is 0 Å². The molecule has 0 radical (unpaired) electrons. The van der Waals surface area contributed by atoms with Gasteiger partial charge in [-0.15, -0.1) is 0 Å². The zero-order valence-corrected chi connectivity index (χ0v) is 15.0. The monoisotopic (exact) mass is 339 g/mol. The van der Waals surface area contributed by atoms with Crippen LogP contribution in [0.3, 0.4) is 0 Å². The highest BCUT2D eigenvalue weighted by Crippen LogP contribution is 2.28. The van der Waals surface area contributed by atoms with Crippen molar-refractivity contribution in [3.05, 3.63) is 95.4 Å². The lowest BCUT2D eigenvalue weighted by molar-refractivity contribution is 1.07. The molecule has 0 aliphatic rings. The molecule has 0 amide bonds. The third kappa shape index (κ3) is 3.42. The van der Waals surface area contributed by atoms with E-state index in [1.54, 1.807) is 0 Å². The normalized spacial score (nSPS) is 10.8. The van der Waals surface area contributed by atoms with Gasteiger partial charge >= 0.3 is 0 Å². The van der Waals surface area contributed by atoms with Gasteiger partial charge in [-0.25, -0.2) is 4.98 Å². The van der Waals surface area contributed by atoms with Gasteiger partial charge in [0.15, 0.2) is 0 Å². The quantitative estimate of drug-likeness (QED) is 0.527. The third-order valence-electron chi connectivity index (χ3n) is 4.46. The standard InChI is InChI=1S/C23H21N3/c1-16-11-17(2)13-20(12-16)26-23-22-9-4-3-8-21(22)18(15-25-23)14-19-7-5-6-10-24-19/h3-13,15H,14H2,1-2H3,(H,25,26). The van der Waals surface area contributed by atoms with Crippen molar-refractivity contribution in [2.24, 2.45) is 0 Å². The van der Waals surface area contributed by atoms with Gasteiger partial charge in [0, 0.05) is 35.6 Å². The lowest BCUT2D eigenvalue weighted by Crippen LogP contribution is -1.99. The van der Waals surface area contributed by atoms with Crippen LogP contribution in [0.4, 0.5) is 11.5 Å². The van der Waals surface area contributed by atoms with Gasteiger partial charge in [-0.3, -0.25) is 4.98 Å². The molecule has 128 valence electrons. The van der Waals surface area contributed by atoms with Crippen LogP contribution in [-0.4, -0.2) is 9.97 Å². The molecule has 26 heavy (non-hydrogen) atoms. The number of pyridine rings is 2. The second-order valence-electron chi connectivity index (χ2n) is 6.68. The lowest BCUT2D eigenvalue weighted by Gasteiger charge is -2.13. The number of fused-ring (bicyclic) bond motifs is 1. The Balaban J connectivity index is 1.74. The second kappa shape index (κ2) is 6.96. The van der Waals surface area contributed by atoms with Crippen molar-refractivity contribution in [3.8, 4) is 0 Å². The number of hydrogen-bond acceptors (Lipinski definition) is 3. The molecule has 2 heterocycles. The fraction of sp³-hybridized carbons (Fsp3) is 0.130.